The van der Waals surface area contributed by atoms with Crippen molar-refractivity contribution in [2.75, 3.05) is 45.8 Å². The Bertz CT molecular complexity index is 3340. The van der Waals surface area contributed by atoms with Gasteiger partial charge in [0.1, 0.15) is 49.0 Å². The number of benzene rings is 5. The van der Waals surface area contributed by atoms with E-state index in [1.807, 2.05) is 30.3 Å². The van der Waals surface area contributed by atoms with Crippen LogP contribution in [-0.2, 0) is 59.2 Å². The maximum absolute atomic E-state index is 14.0. The Kier molecular flexibility index (Phi) is 19.4. The van der Waals surface area contributed by atoms with Gasteiger partial charge >= 0.3 is 11.9 Å². The number of nitrogens with one attached hydrogen (secondary N) is 4. The molecule has 1 saturated heterocycles. The summed E-state index contributed by atoms with van der Waals surface area (Å²) in [7, 11) is 0. The highest BCUT2D eigenvalue weighted by molar-refractivity contribution is 6.12. The van der Waals surface area contributed by atoms with Crippen molar-refractivity contribution in [2.24, 2.45) is 0 Å². The minimum atomic E-state index is -1.30. The zero-order valence-corrected chi connectivity index (χ0v) is 46.2. The fraction of sp³-hybridized carbons (Fsp3) is 0.305. The standard InChI is InChI=1S/C33H34N4O8.C26H28N4O8/c1-19-13-23(14-20(2)30(19)41)31(42)35-25-16-36(21(3)38)26-11-7-8-12-27(26)37(32(25)43)17-28(39)34-24-15-29(40)45-33(24)44-18-22-9-5-4-6-10-22;1-14-8-17(9-15(2)24(14)36)25(37)28-19-11-29(16(3)32)20-6-4-5-7-21(20)30(26(19)38)12-22(33)27-18(13-31)10-23(34)35/h4-14,24-25,33,41H,15-18H2,1-3H3,(H,34,39)(H,35,42);4-9,13,18-19,36H,10-12H2,1-3H3,(H,27,33)(H,28,37)(H,34,35)/t24-,25-,33?;18-,19-/m00/s1. The number of aliphatic carboxylic acids is 1. The highest BCUT2D eigenvalue weighted by atomic mass is 16.7. The zero-order valence-electron chi connectivity index (χ0n) is 46.2. The number of fused-ring (bicyclic) bond motifs is 2. The Morgan fingerprint density at radius 2 is 1.05 bits per heavy atom. The normalized spacial score (nSPS) is 17.7. The highest BCUT2D eigenvalue weighted by Gasteiger charge is 2.41. The number of cyclic esters (lactones) is 1. The number of amides is 8. The molecule has 5 atom stereocenters. The van der Waals surface area contributed by atoms with Gasteiger partial charge < -0.3 is 60.7 Å². The number of esters is 1. The molecule has 1 fully saturated rings. The summed E-state index contributed by atoms with van der Waals surface area (Å²) in [5.74, 6) is -6.42. The van der Waals surface area contributed by atoms with E-state index < -0.39 is 103 Å². The Labute approximate surface area is 476 Å². The van der Waals surface area contributed by atoms with Crippen LogP contribution < -0.4 is 40.9 Å². The number of hydrogen-bond acceptors (Lipinski definition) is 15. The Balaban J connectivity index is 0.000000242. The maximum atomic E-state index is 14.0. The van der Waals surface area contributed by atoms with Crippen LogP contribution >= 0.6 is 0 Å². The van der Waals surface area contributed by atoms with E-state index >= 15 is 0 Å². The zero-order chi connectivity index (χ0) is 60.4. The van der Waals surface area contributed by atoms with Gasteiger partial charge in [0, 0.05) is 25.0 Å². The molecule has 24 heteroatoms. The first kappa shape index (κ1) is 60.7. The van der Waals surface area contributed by atoms with Gasteiger partial charge in [0.25, 0.3) is 23.6 Å². The second-order valence-electron chi connectivity index (χ2n) is 20.0. The molecule has 3 heterocycles. The van der Waals surface area contributed by atoms with Gasteiger partial charge in [-0.1, -0.05) is 54.6 Å². The van der Waals surface area contributed by atoms with E-state index in [0.717, 1.165) is 10.5 Å². The second-order valence-corrected chi connectivity index (χ2v) is 20.0. The number of carboxylic acid groups (broad SMARTS) is 1. The number of hydrogen-bond donors (Lipinski definition) is 7. The van der Waals surface area contributed by atoms with Crippen LogP contribution in [0.4, 0.5) is 22.7 Å². The summed E-state index contributed by atoms with van der Waals surface area (Å²) >= 11 is 0. The molecule has 3 aliphatic heterocycles. The van der Waals surface area contributed by atoms with Gasteiger partial charge in [-0.25, -0.2) is 0 Å². The lowest BCUT2D eigenvalue weighted by atomic mass is 10.0. The lowest BCUT2D eigenvalue weighted by Crippen LogP contribution is -2.55. The molecule has 8 amide bonds. The van der Waals surface area contributed by atoms with E-state index in [1.165, 1.54) is 58.9 Å². The maximum Gasteiger partial charge on any atom is 0.310 e. The monoisotopic (exact) mass is 1140 g/mol. The predicted octanol–water partition coefficient (Wildman–Crippen LogP) is 3.15. The van der Waals surface area contributed by atoms with Crippen molar-refractivity contribution < 1.29 is 77.5 Å². The van der Waals surface area contributed by atoms with Crippen molar-refractivity contribution in [1.29, 1.82) is 0 Å². The molecule has 3 aliphatic rings. The number of carbonyl (C=O) groups excluding carboxylic acids is 10. The molecule has 83 heavy (non-hydrogen) atoms. The average Bonchev–Trinajstić information content (AvgIpc) is 3.92. The molecular weight excluding hydrogens is 1080 g/mol. The molecule has 5 aromatic carbocycles. The Hall–Kier alpha value is -9.97. The van der Waals surface area contributed by atoms with Crippen LogP contribution in [0, 0.1) is 27.7 Å². The average molecular weight is 1140 g/mol. The summed E-state index contributed by atoms with van der Waals surface area (Å²) < 4.78 is 11.1. The van der Waals surface area contributed by atoms with Gasteiger partial charge in [0.2, 0.25) is 29.9 Å². The van der Waals surface area contributed by atoms with E-state index in [-0.39, 0.29) is 66.6 Å². The molecule has 1 unspecified atom stereocenters. The molecule has 8 rings (SSSR count). The largest absolute Gasteiger partial charge is 0.507 e. The molecule has 7 N–H and O–H groups in total. The SMILES string of the molecule is CC(=O)N1C[C@H](NC(=O)c2cc(C)c(O)c(C)c2)C(=O)N(CC(=O)N[C@H](C=O)CC(=O)O)c2ccccc21.CC(=O)N1C[C@H](NC(=O)c2cc(C)c(O)c(C)c2)C(=O)N(CC(=O)N[C@H]2CC(=O)OC2OCc2ccccc2)c2ccccc21. The summed E-state index contributed by atoms with van der Waals surface area (Å²) in [6.45, 7) is 7.91. The lowest BCUT2D eigenvalue weighted by molar-refractivity contribution is -0.168. The summed E-state index contributed by atoms with van der Waals surface area (Å²) in [4.78, 5) is 145. The number of nitrogens with zero attached hydrogens (tertiary/aromatic N) is 4. The number of aldehydes is 1. The fourth-order valence-electron chi connectivity index (χ4n) is 9.64. The number of aromatic hydroxyl groups is 2. The number of carbonyl (C=O) groups is 11. The smallest absolute Gasteiger partial charge is 0.310 e. The second kappa shape index (κ2) is 26.5. The topological polar surface area (TPSA) is 328 Å². The van der Waals surface area contributed by atoms with Gasteiger partial charge in [-0.05, 0) is 104 Å². The summed E-state index contributed by atoms with van der Waals surface area (Å²) in [5, 5.41) is 39.5. The van der Waals surface area contributed by atoms with Crippen LogP contribution in [0.5, 0.6) is 11.5 Å². The van der Waals surface area contributed by atoms with E-state index in [1.54, 1.807) is 70.2 Å². The van der Waals surface area contributed by atoms with Crippen molar-refractivity contribution in [3.8, 4) is 11.5 Å². The quantitative estimate of drug-likeness (QED) is 0.0551. The number of ether oxygens (including phenoxy) is 2. The van der Waals surface area contributed by atoms with Gasteiger partial charge in [0.15, 0.2) is 0 Å². The molecule has 5 aromatic rings. The molecule has 0 bridgehead atoms. The molecule has 0 aliphatic carbocycles. The summed E-state index contributed by atoms with van der Waals surface area (Å²) in [5.41, 5.74) is 4.42. The molecule has 0 radical (unpaired) electrons. The Morgan fingerprint density at radius 3 is 1.47 bits per heavy atom. The van der Waals surface area contributed by atoms with Crippen molar-refractivity contribution in [2.45, 2.75) is 91.4 Å². The van der Waals surface area contributed by atoms with Crippen LogP contribution in [0.15, 0.2) is 103 Å². The number of carboxylic acids is 1. The third kappa shape index (κ3) is 14.7. The molecular formula is C59H62N8O16. The minimum Gasteiger partial charge on any atom is -0.507 e. The molecule has 434 valence electrons. The number of rotatable bonds is 16. The van der Waals surface area contributed by atoms with E-state index in [2.05, 4.69) is 21.3 Å². The lowest BCUT2D eigenvalue weighted by Gasteiger charge is -2.26. The van der Waals surface area contributed by atoms with Gasteiger partial charge in [-0.3, -0.25) is 57.7 Å². The molecule has 0 saturated carbocycles. The van der Waals surface area contributed by atoms with Crippen LogP contribution in [0.1, 0.15) is 75.2 Å². The third-order valence-electron chi connectivity index (χ3n) is 13.7. The van der Waals surface area contributed by atoms with Crippen molar-refractivity contribution in [3.05, 3.63) is 142 Å². The van der Waals surface area contributed by atoms with Gasteiger partial charge in [0.05, 0.1) is 61.3 Å². The van der Waals surface area contributed by atoms with Crippen molar-refractivity contribution in [1.82, 2.24) is 21.3 Å². The summed E-state index contributed by atoms with van der Waals surface area (Å²) in [6, 6.07) is 23.7. The van der Waals surface area contributed by atoms with Crippen molar-refractivity contribution in [3.63, 3.8) is 0 Å². The Morgan fingerprint density at radius 1 is 0.627 bits per heavy atom. The van der Waals surface area contributed by atoms with Gasteiger partial charge in [-0.15, -0.1) is 0 Å². The highest BCUT2D eigenvalue weighted by Crippen LogP contribution is 2.35. The van der Waals surface area contributed by atoms with Gasteiger partial charge in [-0.2, -0.15) is 0 Å². The van der Waals surface area contributed by atoms with E-state index in [9.17, 15) is 63.0 Å². The number of para-hydroxylation sites is 4. The molecule has 0 aromatic heterocycles. The summed E-state index contributed by atoms with van der Waals surface area (Å²) in [6.07, 6.45) is -1.49. The number of phenols is 2. The van der Waals surface area contributed by atoms with E-state index in [4.69, 9.17) is 14.6 Å². The first-order chi connectivity index (χ1) is 39.4. The predicted molar refractivity (Wildman–Crippen MR) is 299 cm³/mol. The van der Waals surface area contributed by atoms with Crippen molar-refractivity contribution >= 4 is 88.2 Å². The van der Waals surface area contributed by atoms with Crippen LogP contribution in [-0.4, -0.2) is 137 Å². The van der Waals surface area contributed by atoms with Crippen LogP contribution in [0.2, 0.25) is 0 Å². The molecule has 24 nitrogen and oxygen atoms in total. The molecule has 0 spiro atoms. The number of anilines is 4. The van der Waals surface area contributed by atoms with E-state index in [0.29, 0.717) is 39.3 Å². The fourth-order valence-corrected chi connectivity index (χ4v) is 9.64. The van der Waals surface area contributed by atoms with Crippen LogP contribution in [0.25, 0.3) is 0 Å². The number of phenolic OH excluding ortho intramolecular Hbond substituents is 2. The van der Waals surface area contributed by atoms with Crippen LogP contribution in [0.3, 0.4) is 0 Å². The minimum absolute atomic E-state index is 0.0408. The first-order valence-electron chi connectivity index (χ1n) is 26.1. The third-order valence-corrected chi connectivity index (χ3v) is 13.7. The first-order valence-corrected chi connectivity index (χ1v) is 26.1. The number of aryl methyl sites for hydroxylation is 4.